The van der Waals surface area contributed by atoms with Crippen molar-refractivity contribution in [2.75, 3.05) is 11.6 Å². The van der Waals surface area contributed by atoms with Crippen LogP contribution in [0.5, 0.6) is 0 Å². The molecule has 6 nitrogen and oxygen atoms in total. The highest BCUT2D eigenvalue weighted by Gasteiger charge is 2.07. The van der Waals surface area contributed by atoms with Crippen LogP contribution in [0.15, 0.2) is 47.6 Å². The van der Waals surface area contributed by atoms with Crippen LogP contribution in [-0.2, 0) is 21.2 Å². The van der Waals surface area contributed by atoms with E-state index < -0.39 is 9.84 Å². The van der Waals surface area contributed by atoms with Crippen molar-refractivity contribution in [3.8, 4) is 0 Å². The van der Waals surface area contributed by atoms with Crippen LogP contribution in [0, 0.1) is 0 Å². The maximum atomic E-state index is 11.7. The van der Waals surface area contributed by atoms with Gasteiger partial charge in [0, 0.05) is 24.3 Å². The van der Waals surface area contributed by atoms with Gasteiger partial charge in [0.05, 0.1) is 4.90 Å². The second-order valence-electron chi connectivity index (χ2n) is 4.05. The third kappa shape index (κ3) is 3.65. The summed E-state index contributed by atoms with van der Waals surface area (Å²) in [5.41, 5.74) is 0.546. The Bertz CT molecular complexity index is 661. The van der Waals surface area contributed by atoms with Crippen molar-refractivity contribution in [2.24, 2.45) is 0 Å². The Morgan fingerprint density at radius 1 is 1.32 bits per heavy atom. The number of aromatic nitrogens is 2. The minimum atomic E-state index is -3.22. The molecule has 0 saturated carbocycles. The first-order valence-corrected chi connectivity index (χ1v) is 7.42. The monoisotopic (exact) mass is 279 g/mol. The molecule has 0 radical (unpaired) electrons. The van der Waals surface area contributed by atoms with Gasteiger partial charge in [-0.3, -0.25) is 9.48 Å². The predicted octanol–water partition coefficient (Wildman–Crippen LogP) is 0.925. The average molecular weight is 279 g/mol. The zero-order chi connectivity index (χ0) is 13.9. The van der Waals surface area contributed by atoms with Gasteiger partial charge in [-0.2, -0.15) is 5.10 Å². The van der Waals surface area contributed by atoms with Gasteiger partial charge in [0.1, 0.15) is 6.54 Å². The van der Waals surface area contributed by atoms with Gasteiger partial charge in [-0.1, -0.05) is 0 Å². The molecule has 0 aliphatic rings. The van der Waals surface area contributed by atoms with Gasteiger partial charge in [0.2, 0.25) is 5.91 Å². The standard InChI is InChI=1S/C12H13N3O3S/c1-19(17,18)11-5-3-10(4-6-11)14-12(16)9-15-8-2-7-13-15/h2-8H,9H2,1H3,(H,14,16). The minimum Gasteiger partial charge on any atom is -0.324 e. The number of rotatable bonds is 4. The van der Waals surface area contributed by atoms with Crippen LogP contribution in [0.3, 0.4) is 0 Å². The zero-order valence-electron chi connectivity index (χ0n) is 10.3. The minimum absolute atomic E-state index is 0.112. The Hall–Kier alpha value is -2.15. The van der Waals surface area contributed by atoms with Crippen molar-refractivity contribution in [2.45, 2.75) is 11.4 Å². The lowest BCUT2D eigenvalue weighted by Gasteiger charge is -2.06. The molecular weight excluding hydrogens is 266 g/mol. The fourth-order valence-corrected chi connectivity index (χ4v) is 2.16. The van der Waals surface area contributed by atoms with Gasteiger partial charge in [-0.05, 0) is 30.3 Å². The number of nitrogens with one attached hydrogen (secondary N) is 1. The van der Waals surface area contributed by atoms with Gasteiger partial charge in [0.15, 0.2) is 9.84 Å². The lowest BCUT2D eigenvalue weighted by Crippen LogP contribution is -2.18. The molecule has 1 aromatic heterocycles. The number of anilines is 1. The number of sulfone groups is 1. The van der Waals surface area contributed by atoms with Gasteiger partial charge in [-0.25, -0.2) is 8.42 Å². The first-order chi connectivity index (χ1) is 8.95. The van der Waals surface area contributed by atoms with E-state index in [9.17, 15) is 13.2 Å². The van der Waals surface area contributed by atoms with Crippen molar-refractivity contribution in [1.29, 1.82) is 0 Å². The fourth-order valence-electron chi connectivity index (χ4n) is 1.53. The highest BCUT2D eigenvalue weighted by atomic mass is 32.2. The second-order valence-corrected chi connectivity index (χ2v) is 6.06. The molecule has 2 rings (SSSR count). The Morgan fingerprint density at radius 3 is 2.53 bits per heavy atom. The molecule has 2 aromatic rings. The largest absolute Gasteiger partial charge is 0.324 e. The molecule has 1 N–H and O–H groups in total. The number of benzene rings is 1. The van der Waals surface area contributed by atoms with Crippen LogP contribution in [-0.4, -0.2) is 30.4 Å². The molecule has 0 saturated heterocycles. The summed E-state index contributed by atoms with van der Waals surface area (Å²) in [5.74, 6) is -0.226. The van der Waals surface area contributed by atoms with Crippen LogP contribution in [0.4, 0.5) is 5.69 Å². The Labute approximate surface area is 111 Å². The summed E-state index contributed by atoms with van der Waals surface area (Å²) in [5, 5.41) is 6.59. The Kier molecular flexibility index (Phi) is 3.66. The molecule has 100 valence electrons. The molecule has 0 fully saturated rings. The highest BCUT2D eigenvalue weighted by Crippen LogP contribution is 2.13. The van der Waals surface area contributed by atoms with Crippen LogP contribution in [0.25, 0.3) is 0 Å². The van der Waals surface area contributed by atoms with Crippen molar-refractivity contribution in [1.82, 2.24) is 9.78 Å². The molecule has 7 heteroatoms. The summed E-state index contributed by atoms with van der Waals surface area (Å²) in [4.78, 5) is 11.9. The molecule has 19 heavy (non-hydrogen) atoms. The van der Waals surface area contributed by atoms with Crippen LogP contribution in [0.1, 0.15) is 0 Å². The summed E-state index contributed by atoms with van der Waals surface area (Å²) < 4.78 is 24.1. The predicted molar refractivity (Wildman–Crippen MR) is 70.4 cm³/mol. The normalized spacial score (nSPS) is 11.2. The molecule has 0 unspecified atom stereocenters. The third-order valence-corrected chi connectivity index (χ3v) is 3.56. The molecule has 0 aliphatic heterocycles. The summed E-state index contributed by atoms with van der Waals surface area (Å²) in [6.07, 6.45) is 4.42. The number of carbonyl (C=O) groups excluding carboxylic acids is 1. The smallest absolute Gasteiger partial charge is 0.246 e. The van der Waals surface area contributed by atoms with Gasteiger partial charge < -0.3 is 5.32 Å². The number of hydrogen-bond donors (Lipinski definition) is 1. The molecule has 0 atom stereocenters. The summed E-state index contributed by atoms with van der Waals surface area (Å²) in [7, 11) is -3.22. The van der Waals surface area contributed by atoms with Gasteiger partial charge in [0.25, 0.3) is 0 Å². The maximum absolute atomic E-state index is 11.7. The number of carbonyl (C=O) groups is 1. The molecule has 0 spiro atoms. The first kappa shape index (κ1) is 13.3. The van der Waals surface area contributed by atoms with E-state index in [0.717, 1.165) is 6.26 Å². The molecule has 0 aliphatic carbocycles. The van der Waals surface area contributed by atoms with E-state index in [2.05, 4.69) is 10.4 Å². The highest BCUT2D eigenvalue weighted by molar-refractivity contribution is 7.90. The van der Waals surface area contributed by atoms with Crippen molar-refractivity contribution in [3.63, 3.8) is 0 Å². The first-order valence-electron chi connectivity index (χ1n) is 5.52. The van der Waals surface area contributed by atoms with Gasteiger partial charge >= 0.3 is 0 Å². The van der Waals surface area contributed by atoms with E-state index >= 15 is 0 Å². The van der Waals surface area contributed by atoms with Crippen molar-refractivity contribution in [3.05, 3.63) is 42.7 Å². The van der Waals surface area contributed by atoms with Crippen LogP contribution in [0.2, 0.25) is 0 Å². The van der Waals surface area contributed by atoms with E-state index in [-0.39, 0.29) is 17.3 Å². The van der Waals surface area contributed by atoms with Crippen LogP contribution < -0.4 is 5.32 Å². The topological polar surface area (TPSA) is 81.1 Å². The van der Waals surface area contributed by atoms with Crippen molar-refractivity contribution >= 4 is 21.4 Å². The van der Waals surface area contributed by atoms with E-state index in [1.165, 1.54) is 16.8 Å². The van der Waals surface area contributed by atoms with E-state index in [0.29, 0.717) is 5.69 Å². The third-order valence-electron chi connectivity index (χ3n) is 2.43. The molecule has 1 amide bonds. The number of nitrogens with zero attached hydrogens (tertiary/aromatic N) is 2. The molecule has 0 bridgehead atoms. The molecular formula is C12H13N3O3S. The summed E-state index contributed by atoms with van der Waals surface area (Å²) in [6.45, 7) is 0.112. The summed E-state index contributed by atoms with van der Waals surface area (Å²) >= 11 is 0. The lowest BCUT2D eigenvalue weighted by atomic mass is 10.3. The van der Waals surface area contributed by atoms with E-state index in [4.69, 9.17) is 0 Å². The maximum Gasteiger partial charge on any atom is 0.246 e. The quantitative estimate of drug-likeness (QED) is 0.902. The molecule has 1 heterocycles. The van der Waals surface area contributed by atoms with E-state index in [1.54, 1.807) is 30.6 Å². The fraction of sp³-hybridized carbons (Fsp3) is 0.167. The average Bonchev–Trinajstić information content (AvgIpc) is 2.81. The van der Waals surface area contributed by atoms with E-state index in [1.807, 2.05) is 0 Å². The second kappa shape index (κ2) is 5.23. The number of hydrogen-bond acceptors (Lipinski definition) is 4. The lowest BCUT2D eigenvalue weighted by molar-refractivity contribution is -0.116. The summed E-state index contributed by atoms with van der Waals surface area (Å²) in [6, 6.07) is 7.75. The SMILES string of the molecule is CS(=O)(=O)c1ccc(NC(=O)Cn2cccn2)cc1. The van der Waals surface area contributed by atoms with Crippen LogP contribution >= 0.6 is 0 Å². The zero-order valence-corrected chi connectivity index (χ0v) is 11.1. The Morgan fingerprint density at radius 2 is 2.00 bits per heavy atom. The Balaban J connectivity index is 2.02. The molecule has 1 aromatic carbocycles. The number of amides is 1. The van der Waals surface area contributed by atoms with Crippen molar-refractivity contribution < 1.29 is 13.2 Å². The van der Waals surface area contributed by atoms with Gasteiger partial charge in [-0.15, -0.1) is 0 Å².